The van der Waals surface area contributed by atoms with E-state index in [0.29, 0.717) is 47.4 Å². The Bertz CT molecular complexity index is 965. The molecular formula is C21H24N2O7. The minimum atomic E-state index is -0.593. The monoisotopic (exact) mass is 416 g/mol. The predicted molar refractivity (Wildman–Crippen MR) is 107 cm³/mol. The number of nitrogens with zero attached hydrogens (tertiary/aromatic N) is 1. The number of esters is 2. The van der Waals surface area contributed by atoms with Gasteiger partial charge in [0.25, 0.3) is 5.91 Å². The summed E-state index contributed by atoms with van der Waals surface area (Å²) in [6.07, 6.45) is 0. The molecule has 2 heterocycles. The van der Waals surface area contributed by atoms with Gasteiger partial charge in [0.1, 0.15) is 19.8 Å². The van der Waals surface area contributed by atoms with Crippen molar-refractivity contribution in [2.75, 3.05) is 31.7 Å². The van der Waals surface area contributed by atoms with Gasteiger partial charge in [-0.15, -0.1) is 0 Å². The smallest absolute Gasteiger partial charge is 0.339 e. The minimum absolute atomic E-state index is 0.117. The standard InChI is InChI=1S/C21H24N2O7/c1-4-27-21(26)16-9-13(2)23(14(16)3)11-20(25)30-12-19(24)22-15-5-6-17-18(10-15)29-8-7-28-17/h5-6,9-10H,4,7-8,11-12H2,1-3H3,(H,22,24). The third-order valence-corrected chi connectivity index (χ3v) is 4.55. The van der Waals surface area contributed by atoms with Crippen molar-refractivity contribution in [2.24, 2.45) is 0 Å². The Morgan fingerprint density at radius 2 is 1.80 bits per heavy atom. The van der Waals surface area contributed by atoms with E-state index < -0.39 is 24.5 Å². The zero-order valence-corrected chi connectivity index (χ0v) is 17.1. The molecule has 2 aromatic rings. The van der Waals surface area contributed by atoms with E-state index in [-0.39, 0.29) is 13.2 Å². The number of nitrogens with one attached hydrogen (secondary N) is 1. The van der Waals surface area contributed by atoms with Crippen LogP contribution in [0.1, 0.15) is 28.7 Å². The van der Waals surface area contributed by atoms with Crippen molar-refractivity contribution in [1.82, 2.24) is 4.57 Å². The average molecular weight is 416 g/mol. The van der Waals surface area contributed by atoms with Gasteiger partial charge in [-0.05, 0) is 39.0 Å². The van der Waals surface area contributed by atoms with E-state index in [2.05, 4.69) is 5.32 Å². The summed E-state index contributed by atoms with van der Waals surface area (Å²) in [5.41, 5.74) is 2.23. The van der Waals surface area contributed by atoms with Gasteiger partial charge in [-0.2, -0.15) is 0 Å². The molecule has 0 spiro atoms. The van der Waals surface area contributed by atoms with Crippen LogP contribution in [0, 0.1) is 13.8 Å². The van der Waals surface area contributed by atoms with Crippen molar-refractivity contribution in [2.45, 2.75) is 27.3 Å². The third kappa shape index (κ3) is 4.91. The van der Waals surface area contributed by atoms with E-state index in [9.17, 15) is 14.4 Å². The van der Waals surface area contributed by atoms with E-state index >= 15 is 0 Å². The first-order valence-electron chi connectivity index (χ1n) is 9.58. The van der Waals surface area contributed by atoms with Gasteiger partial charge >= 0.3 is 11.9 Å². The molecule has 0 saturated heterocycles. The molecule has 1 aromatic heterocycles. The highest BCUT2D eigenvalue weighted by Gasteiger charge is 2.19. The molecule has 1 aliphatic rings. The molecule has 0 bridgehead atoms. The molecule has 1 aliphatic heterocycles. The largest absolute Gasteiger partial charge is 0.486 e. The predicted octanol–water partition coefficient (Wildman–Crippen LogP) is 2.23. The van der Waals surface area contributed by atoms with Crippen LogP contribution in [0.5, 0.6) is 11.5 Å². The highest BCUT2D eigenvalue weighted by molar-refractivity contribution is 5.93. The van der Waals surface area contributed by atoms with Gasteiger partial charge in [-0.25, -0.2) is 4.79 Å². The van der Waals surface area contributed by atoms with Gasteiger partial charge in [-0.3, -0.25) is 9.59 Å². The second-order valence-electron chi connectivity index (χ2n) is 6.66. The lowest BCUT2D eigenvalue weighted by molar-refractivity contribution is -0.147. The SMILES string of the molecule is CCOC(=O)c1cc(C)n(CC(=O)OCC(=O)Nc2ccc3c(c2)OCCO3)c1C. The Morgan fingerprint density at radius 3 is 2.53 bits per heavy atom. The fourth-order valence-corrected chi connectivity index (χ4v) is 3.10. The first-order chi connectivity index (χ1) is 14.4. The van der Waals surface area contributed by atoms with Crippen LogP contribution in [-0.2, 0) is 25.6 Å². The number of benzene rings is 1. The minimum Gasteiger partial charge on any atom is -0.486 e. The summed E-state index contributed by atoms with van der Waals surface area (Å²) in [4.78, 5) is 36.3. The van der Waals surface area contributed by atoms with E-state index in [0.717, 1.165) is 0 Å². The maximum absolute atomic E-state index is 12.2. The maximum Gasteiger partial charge on any atom is 0.339 e. The van der Waals surface area contributed by atoms with Gasteiger partial charge in [0.2, 0.25) is 0 Å². The van der Waals surface area contributed by atoms with E-state index in [1.165, 1.54) is 0 Å². The summed E-state index contributed by atoms with van der Waals surface area (Å²) in [5, 5.41) is 2.65. The second-order valence-corrected chi connectivity index (χ2v) is 6.66. The Balaban J connectivity index is 1.53. The van der Waals surface area contributed by atoms with Crippen LogP contribution in [-0.4, -0.2) is 48.8 Å². The fourth-order valence-electron chi connectivity index (χ4n) is 3.10. The van der Waals surface area contributed by atoms with Gasteiger partial charge in [0.15, 0.2) is 18.1 Å². The molecular weight excluding hydrogens is 392 g/mol. The number of carbonyl (C=O) groups is 3. The van der Waals surface area contributed by atoms with Crippen molar-refractivity contribution in [3.8, 4) is 11.5 Å². The number of anilines is 1. The summed E-state index contributed by atoms with van der Waals surface area (Å²) in [6.45, 7) is 5.87. The number of aryl methyl sites for hydroxylation is 1. The van der Waals surface area contributed by atoms with Gasteiger partial charge in [0, 0.05) is 23.1 Å². The summed E-state index contributed by atoms with van der Waals surface area (Å²) >= 11 is 0. The normalized spacial score (nSPS) is 12.2. The van der Waals surface area contributed by atoms with Crippen LogP contribution >= 0.6 is 0 Å². The lowest BCUT2D eigenvalue weighted by atomic mass is 10.2. The summed E-state index contributed by atoms with van der Waals surface area (Å²) in [7, 11) is 0. The number of hydrogen-bond donors (Lipinski definition) is 1. The fraction of sp³-hybridized carbons (Fsp3) is 0.381. The van der Waals surface area contributed by atoms with Crippen LogP contribution < -0.4 is 14.8 Å². The molecule has 3 rings (SSSR count). The van der Waals surface area contributed by atoms with Crippen molar-refractivity contribution in [1.29, 1.82) is 0 Å². The first kappa shape index (κ1) is 21.2. The van der Waals surface area contributed by atoms with Gasteiger partial charge in [-0.1, -0.05) is 0 Å². The van der Waals surface area contributed by atoms with Crippen LogP contribution in [0.2, 0.25) is 0 Å². The molecule has 0 fully saturated rings. The van der Waals surface area contributed by atoms with Gasteiger partial charge in [0.05, 0.1) is 12.2 Å². The van der Waals surface area contributed by atoms with E-state index in [1.54, 1.807) is 49.6 Å². The second kappa shape index (κ2) is 9.34. The number of carbonyl (C=O) groups excluding carboxylic acids is 3. The average Bonchev–Trinajstić information content (AvgIpc) is 3.01. The number of amides is 1. The van der Waals surface area contributed by atoms with Crippen LogP contribution in [0.25, 0.3) is 0 Å². The molecule has 9 heteroatoms. The van der Waals surface area contributed by atoms with E-state index in [4.69, 9.17) is 18.9 Å². The molecule has 0 unspecified atom stereocenters. The van der Waals surface area contributed by atoms with Crippen molar-refractivity contribution < 1.29 is 33.3 Å². The third-order valence-electron chi connectivity index (χ3n) is 4.55. The van der Waals surface area contributed by atoms with Crippen LogP contribution in [0.4, 0.5) is 5.69 Å². The zero-order valence-electron chi connectivity index (χ0n) is 17.1. The molecule has 0 atom stereocenters. The number of rotatable bonds is 7. The van der Waals surface area contributed by atoms with E-state index in [1.807, 2.05) is 0 Å². The molecule has 1 N–H and O–H groups in total. The van der Waals surface area contributed by atoms with Gasteiger partial charge < -0.3 is 28.8 Å². The Morgan fingerprint density at radius 1 is 1.07 bits per heavy atom. The molecule has 0 radical (unpaired) electrons. The number of aromatic nitrogens is 1. The quantitative estimate of drug-likeness (QED) is 0.690. The van der Waals surface area contributed by atoms with Crippen LogP contribution in [0.3, 0.4) is 0 Å². The molecule has 0 saturated carbocycles. The van der Waals surface area contributed by atoms with Crippen molar-refractivity contribution >= 4 is 23.5 Å². The Kier molecular flexibility index (Phi) is 6.61. The molecule has 9 nitrogen and oxygen atoms in total. The van der Waals surface area contributed by atoms with Crippen LogP contribution in [0.15, 0.2) is 24.3 Å². The molecule has 0 aliphatic carbocycles. The molecule has 1 aromatic carbocycles. The van der Waals surface area contributed by atoms with Crippen molar-refractivity contribution in [3.63, 3.8) is 0 Å². The number of ether oxygens (including phenoxy) is 4. The lowest BCUT2D eigenvalue weighted by Crippen LogP contribution is -2.23. The maximum atomic E-state index is 12.2. The Hall–Kier alpha value is -3.49. The number of fused-ring (bicyclic) bond motifs is 1. The topological polar surface area (TPSA) is 105 Å². The summed E-state index contributed by atoms with van der Waals surface area (Å²) in [6, 6.07) is 6.69. The summed E-state index contributed by atoms with van der Waals surface area (Å²) < 4.78 is 22.6. The molecule has 160 valence electrons. The lowest BCUT2D eigenvalue weighted by Gasteiger charge is -2.19. The highest BCUT2D eigenvalue weighted by Crippen LogP contribution is 2.32. The summed E-state index contributed by atoms with van der Waals surface area (Å²) in [5.74, 6) is -0.348. The van der Waals surface area contributed by atoms with Crippen molar-refractivity contribution in [3.05, 3.63) is 41.2 Å². The highest BCUT2D eigenvalue weighted by atomic mass is 16.6. The Labute approximate surface area is 173 Å². The molecule has 1 amide bonds. The number of hydrogen-bond acceptors (Lipinski definition) is 7. The zero-order chi connectivity index (χ0) is 21.7. The first-order valence-corrected chi connectivity index (χ1v) is 9.58. The molecule has 30 heavy (non-hydrogen) atoms.